The van der Waals surface area contributed by atoms with E-state index in [1.54, 1.807) is 37.7 Å². The molecule has 1 amide bonds. The summed E-state index contributed by atoms with van der Waals surface area (Å²) in [6.07, 6.45) is 4.69. The first kappa shape index (κ1) is 26.1. The normalized spacial score (nSPS) is 13.7. The van der Waals surface area contributed by atoms with E-state index in [0.29, 0.717) is 29.8 Å². The number of carbonyl (C=O) groups is 1. The molecule has 0 aliphatic carbocycles. The first-order valence-corrected chi connectivity index (χ1v) is 12.8. The molecule has 2 heterocycles. The van der Waals surface area contributed by atoms with Gasteiger partial charge in [0.05, 0.1) is 27.4 Å². The zero-order valence-electron chi connectivity index (χ0n) is 19.9. The van der Waals surface area contributed by atoms with Gasteiger partial charge in [-0.1, -0.05) is 6.42 Å². The molecule has 0 saturated carbocycles. The second kappa shape index (κ2) is 14.0. The summed E-state index contributed by atoms with van der Waals surface area (Å²) in [6.45, 7) is 4.59. The van der Waals surface area contributed by atoms with E-state index in [0.717, 1.165) is 24.4 Å². The zero-order valence-corrected chi connectivity index (χ0v) is 21.5. The summed E-state index contributed by atoms with van der Waals surface area (Å²) in [4.78, 5) is 15.9. The van der Waals surface area contributed by atoms with Gasteiger partial charge >= 0.3 is 0 Å². The third-order valence-corrected chi connectivity index (χ3v) is 6.57. The van der Waals surface area contributed by atoms with Crippen molar-refractivity contribution >= 4 is 40.3 Å². The molecular weight excluding hydrogens is 472 g/mol. The van der Waals surface area contributed by atoms with Crippen LogP contribution in [0.5, 0.6) is 17.2 Å². The van der Waals surface area contributed by atoms with E-state index in [2.05, 4.69) is 32.3 Å². The molecule has 1 aliphatic rings. The fourth-order valence-corrected chi connectivity index (χ4v) is 4.69. The minimum atomic E-state index is -0.129. The maximum absolute atomic E-state index is 12.1. The number of carbonyl (C=O) groups excluding carboxylic acids is 1. The van der Waals surface area contributed by atoms with Crippen LogP contribution < -0.4 is 30.2 Å². The third-order valence-electron chi connectivity index (χ3n) is 5.42. The van der Waals surface area contributed by atoms with Crippen molar-refractivity contribution in [2.75, 3.05) is 52.3 Å². The van der Waals surface area contributed by atoms with E-state index in [-0.39, 0.29) is 12.5 Å². The van der Waals surface area contributed by atoms with Gasteiger partial charge in [0.25, 0.3) is 0 Å². The number of nitrogens with zero attached hydrogens (tertiary/aromatic N) is 1. The predicted octanol–water partition coefficient (Wildman–Crippen LogP) is 3.62. The van der Waals surface area contributed by atoms with Crippen molar-refractivity contribution in [3.63, 3.8) is 0 Å². The molecule has 0 bridgehead atoms. The molecule has 0 radical (unpaired) electrons. The van der Waals surface area contributed by atoms with Crippen molar-refractivity contribution in [3.05, 3.63) is 34.5 Å². The lowest BCUT2D eigenvalue weighted by molar-refractivity contribution is -0.120. The van der Waals surface area contributed by atoms with Crippen LogP contribution in [0.3, 0.4) is 0 Å². The van der Waals surface area contributed by atoms with Crippen molar-refractivity contribution in [2.24, 2.45) is 0 Å². The standard InChI is InChI=1S/C24H34N4O4S2/c1-30-21-8-7-18(13-22(21)31-2)27-24(33)26-15-23(29)25-9-6-12-32-19-14-20(34-17-19)16-28-10-4-3-5-11-28/h7-8,13-14,17H,3-6,9-12,15-16H2,1-2H3,(H,25,29)(H2,26,27,33). The van der Waals surface area contributed by atoms with E-state index in [4.69, 9.17) is 26.4 Å². The second-order valence-corrected chi connectivity index (χ2v) is 9.42. The number of amides is 1. The van der Waals surface area contributed by atoms with E-state index < -0.39 is 0 Å². The molecule has 1 aromatic heterocycles. The van der Waals surface area contributed by atoms with Crippen LogP contribution in [-0.2, 0) is 11.3 Å². The Labute approximate surface area is 211 Å². The van der Waals surface area contributed by atoms with Crippen molar-refractivity contribution in [1.82, 2.24) is 15.5 Å². The number of thiophene rings is 1. The lowest BCUT2D eigenvalue weighted by Crippen LogP contribution is -2.39. The van der Waals surface area contributed by atoms with Crippen LogP contribution in [0.25, 0.3) is 0 Å². The molecule has 1 saturated heterocycles. The number of thiocarbonyl (C=S) groups is 1. The highest BCUT2D eigenvalue weighted by Gasteiger charge is 2.12. The Kier molecular flexibility index (Phi) is 10.7. The number of ether oxygens (including phenoxy) is 3. The molecule has 0 atom stereocenters. The highest BCUT2D eigenvalue weighted by atomic mass is 32.1. The van der Waals surface area contributed by atoms with Gasteiger partial charge < -0.3 is 30.2 Å². The quantitative estimate of drug-likeness (QED) is 0.297. The minimum Gasteiger partial charge on any atom is -0.493 e. The van der Waals surface area contributed by atoms with Gasteiger partial charge in [-0.05, 0) is 62.8 Å². The predicted molar refractivity (Wildman–Crippen MR) is 140 cm³/mol. The van der Waals surface area contributed by atoms with Crippen LogP contribution in [-0.4, -0.2) is 62.9 Å². The van der Waals surface area contributed by atoms with Crippen LogP contribution in [0.1, 0.15) is 30.6 Å². The lowest BCUT2D eigenvalue weighted by atomic mass is 10.1. The topological polar surface area (TPSA) is 84.1 Å². The van der Waals surface area contributed by atoms with Gasteiger partial charge in [0, 0.05) is 35.1 Å². The summed E-state index contributed by atoms with van der Waals surface area (Å²) >= 11 is 7.01. The van der Waals surface area contributed by atoms with Crippen LogP contribution in [0.2, 0.25) is 0 Å². The van der Waals surface area contributed by atoms with Gasteiger partial charge in [0.2, 0.25) is 5.91 Å². The Morgan fingerprint density at radius 2 is 1.88 bits per heavy atom. The molecule has 3 N–H and O–H groups in total. The third kappa shape index (κ3) is 8.66. The summed E-state index contributed by atoms with van der Waals surface area (Å²) in [5.74, 6) is 2.01. The number of nitrogens with one attached hydrogen (secondary N) is 3. The highest BCUT2D eigenvalue weighted by molar-refractivity contribution is 7.80. The number of likely N-dealkylation sites (tertiary alicyclic amines) is 1. The van der Waals surface area contributed by atoms with Crippen LogP contribution >= 0.6 is 23.6 Å². The first-order chi connectivity index (χ1) is 16.6. The average Bonchev–Trinajstić information content (AvgIpc) is 3.30. The minimum absolute atomic E-state index is 0.0877. The molecule has 0 spiro atoms. The first-order valence-electron chi connectivity index (χ1n) is 11.5. The summed E-state index contributed by atoms with van der Waals surface area (Å²) in [5, 5.41) is 11.2. The lowest BCUT2D eigenvalue weighted by Gasteiger charge is -2.25. The Balaban J connectivity index is 1.26. The number of anilines is 1. The van der Waals surface area contributed by atoms with Gasteiger partial charge in [-0.2, -0.15) is 0 Å². The number of piperidine rings is 1. The van der Waals surface area contributed by atoms with Crippen molar-refractivity contribution < 1.29 is 19.0 Å². The van der Waals surface area contributed by atoms with Crippen LogP contribution in [0.15, 0.2) is 29.6 Å². The van der Waals surface area contributed by atoms with E-state index in [1.165, 1.54) is 37.2 Å². The SMILES string of the molecule is COc1ccc(NC(=S)NCC(=O)NCCCOc2csc(CN3CCCCC3)c2)cc1OC. The number of methoxy groups -OCH3 is 2. The molecule has 2 aromatic rings. The highest BCUT2D eigenvalue weighted by Crippen LogP contribution is 2.29. The van der Waals surface area contributed by atoms with Crippen LogP contribution in [0.4, 0.5) is 5.69 Å². The van der Waals surface area contributed by atoms with E-state index >= 15 is 0 Å². The van der Waals surface area contributed by atoms with E-state index in [9.17, 15) is 4.79 Å². The number of hydrogen-bond acceptors (Lipinski definition) is 7. The van der Waals surface area contributed by atoms with Crippen LogP contribution in [0, 0.1) is 0 Å². The van der Waals surface area contributed by atoms with Gasteiger partial charge in [-0.25, -0.2) is 0 Å². The molecule has 10 heteroatoms. The van der Waals surface area contributed by atoms with Crippen molar-refractivity contribution in [3.8, 4) is 17.2 Å². The van der Waals surface area contributed by atoms with Gasteiger partial charge in [-0.15, -0.1) is 11.3 Å². The van der Waals surface area contributed by atoms with Crippen molar-refractivity contribution in [1.29, 1.82) is 0 Å². The molecule has 8 nitrogen and oxygen atoms in total. The molecule has 1 aliphatic heterocycles. The van der Waals surface area contributed by atoms with Gasteiger partial charge in [0.1, 0.15) is 5.75 Å². The summed E-state index contributed by atoms with van der Waals surface area (Å²) in [5.41, 5.74) is 0.736. The summed E-state index contributed by atoms with van der Waals surface area (Å²) in [6, 6.07) is 7.51. The Hall–Kier alpha value is -2.56. The molecular formula is C24H34N4O4S2. The number of hydrogen-bond donors (Lipinski definition) is 3. The smallest absolute Gasteiger partial charge is 0.239 e. The maximum atomic E-state index is 12.1. The molecule has 3 rings (SSSR count). The summed E-state index contributed by atoms with van der Waals surface area (Å²) < 4.78 is 16.3. The van der Waals surface area contributed by atoms with Gasteiger partial charge in [0.15, 0.2) is 16.6 Å². The zero-order chi connectivity index (χ0) is 24.2. The van der Waals surface area contributed by atoms with Crippen molar-refractivity contribution in [2.45, 2.75) is 32.2 Å². The Bertz CT molecular complexity index is 931. The number of rotatable bonds is 12. The Morgan fingerprint density at radius 1 is 1.09 bits per heavy atom. The molecule has 1 fully saturated rings. The largest absolute Gasteiger partial charge is 0.493 e. The number of benzene rings is 1. The average molecular weight is 507 g/mol. The maximum Gasteiger partial charge on any atom is 0.239 e. The molecule has 34 heavy (non-hydrogen) atoms. The fraction of sp³-hybridized carbons (Fsp3) is 0.500. The molecule has 0 unspecified atom stereocenters. The molecule has 186 valence electrons. The Morgan fingerprint density at radius 3 is 2.65 bits per heavy atom. The van der Waals surface area contributed by atoms with E-state index in [1.807, 2.05) is 6.07 Å². The van der Waals surface area contributed by atoms with Gasteiger partial charge in [-0.3, -0.25) is 9.69 Å². The fourth-order valence-electron chi connectivity index (χ4n) is 3.66. The monoisotopic (exact) mass is 506 g/mol. The molecule has 1 aromatic carbocycles. The summed E-state index contributed by atoms with van der Waals surface area (Å²) in [7, 11) is 3.15. The second-order valence-electron chi connectivity index (χ2n) is 8.01.